The highest BCUT2D eigenvalue weighted by Crippen LogP contribution is 2.38. The summed E-state index contributed by atoms with van der Waals surface area (Å²) in [7, 11) is 0. The monoisotopic (exact) mass is 314 g/mol. The minimum atomic E-state index is -0.0761. The Labute approximate surface area is 138 Å². The molecule has 0 spiro atoms. The van der Waals surface area contributed by atoms with E-state index in [0.717, 1.165) is 27.5 Å². The van der Waals surface area contributed by atoms with Crippen LogP contribution in [0.4, 0.5) is 0 Å². The van der Waals surface area contributed by atoms with E-state index in [4.69, 9.17) is 5.26 Å². The first-order valence-electron chi connectivity index (χ1n) is 7.62. The van der Waals surface area contributed by atoms with Gasteiger partial charge >= 0.3 is 0 Å². The molecule has 5 heteroatoms. The van der Waals surface area contributed by atoms with Crippen LogP contribution in [-0.2, 0) is 6.54 Å². The Hall–Kier alpha value is -3.39. The van der Waals surface area contributed by atoms with E-state index in [2.05, 4.69) is 16.3 Å². The van der Waals surface area contributed by atoms with Crippen molar-refractivity contribution in [1.82, 2.24) is 14.8 Å². The average molecular weight is 314 g/mol. The van der Waals surface area contributed by atoms with Crippen LogP contribution in [0.3, 0.4) is 0 Å². The lowest BCUT2D eigenvalue weighted by Gasteiger charge is -2.07. The van der Waals surface area contributed by atoms with Gasteiger partial charge in [0.2, 0.25) is 5.88 Å². The van der Waals surface area contributed by atoms with Crippen LogP contribution < -0.4 is 0 Å². The molecule has 1 N–H and O–H groups in total. The Morgan fingerprint density at radius 2 is 1.67 bits per heavy atom. The lowest BCUT2D eigenvalue weighted by atomic mass is 10.0. The van der Waals surface area contributed by atoms with Gasteiger partial charge < -0.3 is 9.67 Å². The molecule has 4 rings (SSSR count). The zero-order chi connectivity index (χ0) is 16.7. The van der Waals surface area contributed by atoms with Gasteiger partial charge in [0.25, 0.3) is 0 Å². The quantitative estimate of drug-likeness (QED) is 0.611. The number of aromatic hydroxyl groups is 1. The van der Waals surface area contributed by atoms with Crippen LogP contribution in [0.25, 0.3) is 32.9 Å². The molecule has 0 aliphatic rings. The van der Waals surface area contributed by atoms with Gasteiger partial charge in [-0.3, -0.25) is 0 Å². The summed E-state index contributed by atoms with van der Waals surface area (Å²) in [5, 5.41) is 29.9. The molecule has 0 radical (unpaired) electrons. The first-order chi connectivity index (χ1) is 11.7. The van der Waals surface area contributed by atoms with Crippen LogP contribution in [0.1, 0.15) is 5.69 Å². The smallest absolute Gasteiger partial charge is 0.238 e. The second kappa shape index (κ2) is 5.36. The highest BCUT2D eigenvalue weighted by atomic mass is 16.3. The van der Waals surface area contributed by atoms with Crippen molar-refractivity contribution in [2.24, 2.45) is 0 Å². The van der Waals surface area contributed by atoms with Crippen molar-refractivity contribution in [1.29, 1.82) is 5.26 Å². The Bertz CT molecular complexity index is 1120. The summed E-state index contributed by atoms with van der Waals surface area (Å²) in [4.78, 5) is 0. The molecule has 0 saturated carbocycles. The molecule has 0 unspecified atom stereocenters. The normalized spacial score (nSPS) is 11.0. The minimum Gasteiger partial charge on any atom is -0.492 e. The lowest BCUT2D eigenvalue weighted by Crippen LogP contribution is -1.98. The fraction of sp³-hybridized carbons (Fsp3) is 0.105. The lowest BCUT2D eigenvalue weighted by molar-refractivity contribution is 0.453. The molecule has 24 heavy (non-hydrogen) atoms. The van der Waals surface area contributed by atoms with Gasteiger partial charge in [-0.2, -0.15) is 5.26 Å². The van der Waals surface area contributed by atoms with Gasteiger partial charge in [-0.1, -0.05) is 36.4 Å². The number of para-hydroxylation sites is 1. The van der Waals surface area contributed by atoms with E-state index in [1.165, 1.54) is 0 Å². The molecular weight excluding hydrogens is 300 g/mol. The molecule has 116 valence electrons. The first-order valence-corrected chi connectivity index (χ1v) is 7.62. The predicted octanol–water partition coefficient (Wildman–Crippen LogP) is 3.79. The topological polar surface area (TPSA) is 74.7 Å². The predicted molar refractivity (Wildman–Crippen MR) is 92.5 cm³/mol. The fourth-order valence-corrected chi connectivity index (χ4v) is 3.28. The molecule has 0 bridgehead atoms. The van der Waals surface area contributed by atoms with Crippen molar-refractivity contribution in [3.05, 3.63) is 54.2 Å². The number of fused-ring (bicyclic) bond motifs is 2. The number of hydrogen-bond acceptors (Lipinski definition) is 4. The summed E-state index contributed by atoms with van der Waals surface area (Å²) in [6, 6.07) is 17.7. The maximum Gasteiger partial charge on any atom is 0.238 e. The Balaban J connectivity index is 2.14. The number of hydrogen-bond donors (Lipinski definition) is 1. The fourth-order valence-electron chi connectivity index (χ4n) is 3.28. The molecule has 0 atom stereocenters. The van der Waals surface area contributed by atoms with E-state index in [1.807, 2.05) is 60.0 Å². The molecule has 0 aliphatic carbocycles. The second-order valence-corrected chi connectivity index (χ2v) is 5.64. The summed E-state index contributed by atoms with van der Waals surface area (Å²) < 4.78 is 1.98. The van der Waals surface area contributed by atoms with Crippen molar-refractivity contribution in [2.45, 2.75) is 13.5 Å². The number of aromatic nitrogens is 3. The van der Waals surface area contributed by atoms with Gasteiger partial charge in [-0.05, 0) is 19.1 Å². The van der Waals surface area contributed by atoms with Crippen LogP contribution in [0.2, 0.25) is 0 Å². The molecular formula is C19H14N4O. The molecule has 2 aromatic carbocycles. The first kappa shape index (κ1) is 14.2. The molecule has 4 aromatic rings. The van der Waals surface area contributed by atoms with Crippen molar-refractivity contribution >= 4 is 21.7 Å². The summed E-state index contributed by atoms with van der Waals surface area (Å²) in [6.45, 7) is 2.26. The van der Waals surface area contributed by atoms with E-state index >= 15 is 0 Å². The molecule has 0 saturated heterocycles. The molecule has 0 amide bonds. The summed E-state index contributed by atoms with van der Waals surface area (Å²) in [6.07, 6.45) is 0. The van der Waals surface area contributed by atoms with Crippen LogP contribution >= 0.6 is 0 Å². The summed E-state index contributed by atoms with van der Waals surface area (Å²) >= 11 is 0. The van der Waals surface area contributed by atoms with Crippen molar-refractivity contribution in [2.75, 3.05) is 0 Å². The number of nitriles is 1. The van der Waals surface area contributed by atoms with E-state index in [9.17, 15) is 5.11 Å². The largest absolute Gasteiger partial charge is 0.492 e. The number of benzene rings is 2. The van der Waals surface area contributed by atoms with E-state index in [1.54, 1.807) is 0 Å². The van der Waals surface area contributed by atoms with Gasteiger partial charge in [0.15, 0.2) is 0 Å². The molecule has 2 aromatic heterocycles. The zero-order valence-corrected chi connectivity index (χ0v) is 13.1. The minimum absolute atomic E-state index is 0.0761. The highest BCUT2D eigenvalue weighted by molar-refractivity contribution is 6.05. The SMILES string of the molecule is Cc1c(-c2nnc(O)c3ccccc23)c2ccccc2n1CC#N. The molecule has 0 fully saturated rings. The highest BCUT2D eigenvalue weighted by Gasteiger charge is 2.19. The Morgan fingerprint density at radius 3 is 2.42 bits per heavy atom. The summed E-state index contributed by atoms with van der Waals surface area (Å²) in [5.74, 6) is -0.0761. The third-order valence-electron chi connectivity index (χ3n) is 4.36. The molecule has 2 heterocycles. The maximum absolute atomic E-state index is 9.99. The van der Waals surface area contributed by atoms with Crippen molar-refractivity contribution < 1.29 is 5.11 Å². The summed E-state index contributed by atoms with van der Waals surface area (Å²) in [5.41, 5.74) is 3.62. The molecule has 0 aliphatic heterocycles. The number of nitrogens with zero attached hydrogens (tertiary/aromatic N) is 4. The third-order valence-corrected chi connectivity index (χ3v) is 4.36. The standard InChI is InChI=1S/C19H14N4O/c1-12-17(15-8-4-5-9-16(15)23(12)11-10-20)18-13-6-2-3-7-14(13)19(24)22-21-18/h2-9H,11H2,1H3,(H,22,24). The van der Waals surface area contributed by atoms with Gasteiger partial charge in [-0.25, -0.2) is 0 Å². The molecule has 5 nitrogen and oxygen atoms in total. The van der Waals surface area contributed by atoms with Crippen LogP contribution in [0.15, 0.2) is 48.5 Å². The van der Waals surface area contributed by atoms with Crippen molar-refractivity contribution in [3.8, 4) is 23.2 Å². The van der Waals surface area contributed by atoms with Crippen LogP contribution in [0, 0.1) is 18.3 Å². The van der Waals surface area contributed by atoms with Gasteiger partial charge in [0.1, 0.15) is 12.2 Å². The zero-order valence-electron chi connectivity index (χ0n) is 13.1. The Kier molecular flexibility index (Phi) is 3.17. The van der Waals surface area contributed by atoms with Crippen LogP contribution in [-0.4, -0.2) is 19.9 Å². The van der Waals surface area contributed by atoms with Crippen molar-refractivity contribution in [3.63, 3.8) is 0 Å². The number of rotatable bonds is 2. The average Bonchev–Trinajstić information content (AvgIpc) is 2.89. The van der Waals surface area contributed by atoms with Gasteiger partial charge in [-0.15, -0.1) is 10.2 Å². The van der Waals surface area contributed by atoms with Crippen LogP contribution in [0.5, 0.6) is 5.88 Å². The van der Waals surface area contributed by atoms with E-state index in [-0.39, 0.29) is 12.4 Å². The maximum atomic E-state index is 9.99. The van der Waals surface area contributed by atoms with Gasteiger partial charge in [0, 0.05) is 32.9 Å². The Morgan fingerprint density at radius 1 is 1.00 bits per heavy atom. The third kappa shape index (κ3) is 1.94. The van der Waals surface area contributed by atoms with Gasteiger partial charge in [0.05, 0.1) is 6.07 Å². The second-order valence-electron chi connectivity index (χ2n) is 5.64. The van der Waals surface area contributed by atoms with E-state index in [0.29, 0.717) is 11.1 Å². The van der Waals surface area contributed by atoms with E-state index < -0.39 is 0 Å².